The number of rotatable bonds is 5. The highest BCUT2D eigenvalue weighted by atomic mass is 16.1. The van der Waals surface area contributed by atoms with Gasteiger partial charge in [0.1, 0.15) is 0 Å². The van der Waals surface area contributed by atoms with Gasteiger partial charge in [0.15, 0.2) is 5.78 Å². The van der Waals surface area contributed by atoms with E-state index in [4.69, 9.17) is 0 Å². The summed E-state index contributed by atoms with van der Waals surface area (Å²) in [4.78, 5) is 13.6. The third-order valence-electron chi connectivity index (χ3n) is 2.28. The number of ketones is 1. The highest BCUT2D eigenvalue weighted by Gasteiger charge is 2.04. The minimum Gasteiger partial charge on any atom is -0.378 e. The molecular formula is C13H17NO. The molecule has 0 N–H and O–H groups in total. The molecule has 2 heteroatoms. The van der Waals surface area contributed by atoms with Crippen molar-refractivity contribution in [2.45, 2.75) is 12.8 Å². The lowest BCUT2D eigenvalue weighted by atomic mass is 10.1. The van der Waals surface area contributed by atoms with Gasteiger partial charge in [-0.2, -0.15) is 0 Å². The topological polar surface area (TPSA) is 20.3 Å². The molecule has 1 aromatic carbocycles. The lowest BCUT2D eigenvalue weighted by molar-refractivity contribution is 0.0983. The number of Topliss-reactive ketones (excluding diaryl/α,β-unsaturated/α-hetero) is 1. The van der Waals surface area contributed by atoms with Crippen LogP contribution in [-0.4, -0.2) is 19.9 Å². The molecule has 0 aliphatic rings. The number of carbonyl (C=O) groups is 1. The molecule has 0 saturated carbocycles. The molecule has 0 heterocycles. The van der Waals surface area contributed by atoms with Crippen molar-refractivity contribution >= 4 is 11.5 Å². The van der Waals surface area contributed by atoms with Crippen LogP contribution in [0.2, 0.25) is 0 Å². The SMILES string of the molecule is C=CCCC(=O)c1ccc(N(C)C)cc1. The Hall–Kier alpha value is -1.57. The summed E-state index contributed by atoms with van der Waals surface area (Å²) in [6.07, 6.45) is 3.06. The van der Waals surface area contributed by atoms with Crippen molar-refractivity contribution in [3.05, 3.63) is 42.5 Å². The maximum atomic E-state index is 11.6. The summed E-state index contributed by atoms with van der Waals surface area (Å²) < 4.78 is 0. The second-order valence-electron chi connectivity index (χ2n) is 3.69. The molecule has 0 aliphatic heterocycles. The smallest absolute Gasteiger partial charge is 0.163 e. The van der Waals surface area contributed by atoms with Crippen molar-refractivity contribution < 1.29 is 4.79 Å². The van der Waals surface area contributed by atoms with E-state index in [1.807, 2.05) is 43.3 Å². The Kier molecular flexibility index (Phi) is 4.10. The lowest BCUT2D eigenvalue weighted by Gasteiger charge is -2.12. The van der Waals surface area contributed by atoms with Crippen LogP contribution in [0.1, 0.15) is 23.2 Å². The van der Waals surface area contributed by atoms with Crippen LogP contribution >= 0.6 is 0 Å². The molecule has 80 valence electrons. The maximum Gasteiger partial charge on any atom is 0.163 e. The van der Waals surface area contributed by atoms with Crippen molar-refractivity contribution in [3.8, 4) is 0 Å². The van der Waals surface area contributed by atoms with Gasteiger partial charge < -0.3 is 4.90 Å². The van der Waals surface area contributed by atoms with E-state index >= 15 is 0 Å². The molecule has 0 spiro atoms. The van der Waals surface area contributed by atoms with Crippen LogP contribution in [0.15, 0.2) is 36.9 Å². The van der Waals surface area contributed by atoms with Gasteiger partial charge in [0, 0.05) is 31.8 Å². The van der Waals surface area contributed by atoms with E-state index in [0.717, 1.165) is 17.7 Å². The van der Waals surface area contributed by atoms with Crippen LogP contribution in [0.25, 0.3) is 0 Å². The Morgan fingerprint density at radius 1 is 1.33 bits per heavy atom. The first-order valence-electron chi connectivity index (χ1n) is 5.06. The standard InChI is InChI=1S/C13H17NO/c1-4-5-6-13(15)11-7-9-12(10-8-11)14(2)3/h4,7-10H,1,5-6H2,2-3H3. The Labute approximate surface area is 91.2 Å². The predicted octanol–water partition coefficient (Wildman–Crippen LogP) is 2.90. The quantitative estimate of drug-likeness (QED) is 0.541. The minimum atomic E-state index is 0.181. The average molecular weight is 203 g/mol. The molecule has 1 rings (SSSR count). The summed E-state index contributed by atoms with van der Waals surface area (Å²) in [5.74, 6) is 0.181. The summed E-state index contributed by atoms with van der Waals surface area (Å²) in [6.45, 7) is 3.60. The molecule has 2 nitrogen and oxygen atoms in total. The third kappa shape index (κ3) is 3.24. The fourth-order valence-corrected chi connectivity index (χ4v) is 1.32. The van der Waals surface area contributed by atoms with E-state index in [1.54, 1.807) is 6.08 Å². The molecule has 0 amide bonds. The zero-order valence-electron chi connectivity index (χ0n) is 9.36. The number of hydrogen-bond acceptors (Lipinski definition) is 2. The molecular weight excluding hydrogens is 186 g/mol. The van der Waals surface area contributed by atoms with Gasteiger partial charge in [0.25, 0.3) is 0 Å². The number of anilines is 1. The van der Waals surface area contributed by atoms with Crippen LogP contribution in [0.5, 0.6) is 0 Å². The Balaban J connectivity index is 2.71. The van der Waals surface area contributed by atoms with Crippen LogP contribution in [0.3, 0.4) is 0 Å². The molecule has 15 heavy (non-hydrogen) atoms. The molecule has 0 atom stereocenters. The first-order valence-corrected chi connectivity index (χ1v) is 5.06. The molecule has 0 unspecified atom stereocenters. The minimum absolute atomic E-state index is 0.181. The van der Waals surface area contributed by atoms with E-state index in [0.29, 0.717) is 6.42 Å². The summed E-state index contributed by atoms with van der Waals surface area (Å²) in [5.41, 5.74) is 1.89. The fourth-order valence-electron chi connectivity index (χ4n) is 1.32. The molecule has 0 radical (unpaired) electrons. The van der Waals surface area contributed by atoms with Gasteiger partial charge in [0.2, 0.25) is 0 Å². The zero-order valence-corrected chi connectivity index (χ0v) is 9.36. The Morgan fingerprint density at radius 3 is 2.40 bits per heavy atom. The molecule has 0 aliphatic carbocycles. The average Bonchev–Trinajstić information content (AvgIpc) is 2.26. The Morgan fingerprint density at radius 2 is 1.93 bits per heavy atom. The van der Waals surface area contributed by atoms with Gasteiger partial charge in [-0.1, -0.05) is 6.08 Å². The van der Waals surface area contributed by atoms with Gasteiger partial charge in [0.05, 0.1) is 0 Å². The number of nitrogens with zero attached hydrogens (tertiary/aromatic N) is 1. The van der Waals surface area contributed by atoms with Gasteiger partial charge in [-0.25, -0.2) is 0 Å². The van der Waals surface area contributed by atoms with Gasteiger partial charge in [-0.3, -0.25) is 4.79 Å². The monoisotopic (exact) mass is 203 g/mol. The highest BCUT2D eigenvalue weighted by molar-refractivity contribution is 5.96. The predicted molar refractivity (Wildman–Crippen MR) is 64.5 cm³/mol. The number of carbonyl (C=O) groups excluding carboxylic acids is 1. The molecule has 0 aromatic heterocycles. The molecule has 0 bridgehead atoms. The largest absolute Gasteiger partial charge is 0.378 e. The van der Waals surface area contributed by atoms with Gasteiger partial charge in [-0.05, 0) is 30.7 Å². The maximum absolute atomic E-state index is 11.6. The zero-order chi connectivity index (χ0) is 11.3. The van der Waals surface area contributed by atoms with Crippen LogP contribution in [0.4, 0.5) is 5.69 Å². The lowest BCUT2D eigenvalue weighted by Crippen LogP contribution is -2.08. The summed E-state index contributed by atoms with van der Waals surface area (Å²) in [6, 6.07) is 7.67. The fraction of sp³-hybridized carbons (Fsp3) is 0.308. The van der Waals surface area contributed by atoms with E-state index in [9.17, 15) is 4.79 Å². The van der Waals surface area contributed by atoms with Crippen molar-refractivity contribution in [2.75, 3.05) is 19.0 Å². The molecule has 0 fully saturated rings. The van der Waals surface area contributed by atoms with E-state index in [1.165, 1.54) is 0 Å². The summed E-state index contributed by atoms with van der Waals surface area (Å²) in [7, 11) is 3.96. The second kappa shape index (κ2) is 5.35. The normalized spacial score (nSPS) is 9.73. The first kappa shape index (κ1) is 11.5. The van der Waals surface area contributed by atoms with Crippen molar-refractivity contribution in [2.24, 2.45) is 0 Å². The second-order valence-corrected chi connectivity index (χ2v) is 3.69. The highest BCUT2D eigenvalue weighted by Crippen LogP contribution is 2.13. The number of benzene rings is 1. The number of hydrogen-bond donors (Lipinski definition) is 0. The summed E-state index contributed by atoms with van der Waals surface area (Å²) >= 11 is 0. The van der Waals surface area contributed by atoms with Gasteiger partial charge in [-0.15, -0.1) is 6.58 Å². The summed E-state index contributed by atoms with van der Waals surface area (Å²) in [5, 5.41) is 0. The van der Waals surface area contributed by atoms with Crippen molar-refractivity contribution in [1.29, 1.82) is 0 Å². The molecule has 1 aromatic rings. The van der Waals surface area contributed by atoms with Crippen LogP contribution < -0.4 is 4.90 Å². The third-order valence-corrected chi connectivity index (χ3v) is 2.28. The van der Waals surface area contributed by atoms with Gasteiger partial charge >= 0.3 is 0 Å². The first-order chi connectivity index (χ1) is 7.15. The van der Waals surface area contributed by atoms with Crippen molar-refractivity contribution in [1.82, 2.24) is 0 Å². The van der Waals surface area contributed by atoms with Crippen LogP contribution in [-0.2, 0) is 0 Å². The van der Waals surface area contributed by atoms with E-state index < -0.39 is 0 Å². The van der Waals surface area contributed by atoms with E-state index in [2.05, 4.69) is 6.58 Å². The Bertz CT molecular complexity index is 338. The van der Waals surface area contributed by atoms with Crippen molar-refractivity contribution in [3.63, 3.8) is 0 Å². The van der Waals surface area contributed by atoms with Crippen LogP contribution in [0, 0.1) is 0 Å². The number of allylic oxidation sites excluding steroid dienone is 1. The van der Waals surface area contributed by atoms with E-state index in [-0.39, 0.29) is 5.78 Å². The molecule has 0 saturated heterocycles.